The summed E-state index contributed by atoms with van der Waals surface area (Å²) >= 11 is 0. The Morgan fingerprint density at radius 1 is 0.870 bits per heavy atom. The summed E-state index contributed by atoms with van der Waals surface area (Å²) < 4.78 is 10.5. The lowest BCUT2D eigenvalue weighted by atomic mass is 9.79. The lowest BCUT2D eigenvalue weighted by molar-refractivity contribution is -0.933. The zero-order valence-corrected chi connectivity index (χ0v) is 13.2. The number of quaternary nitrogens is 1. The SMILES string of the molecule is COc1cc2c(cc1O)C1C[NH+](C2)Cc2cc(OC)c(O)cc21. The minimum atomic E-state index is 0.166. The fourth-order valence-corrected chi connectivity index (χ4v) is 3.96. The average Bonchev–Trinajstić information content (AvgIpc) is 2.55. The van der Waals surface area contributed by atoms with Crippen LogP contribution in [0.4, 0.5) is 0 Å². The fourth-order valence-electron chi connectivity index (χ4n) is 3.96. The van der Waals surface area contributed by atoms with Crippen molar-refractivity contribution in [1.82, 2.24) is 0 Å². The van der Waals surface area contributed by atoms with Gasteiger partial charge in [0.25, 0.3) is 0 Å². The van der Waals surface area contributed by atoms with Crippen molar-refractivity contribution in [1.29, 1.82) is 0 Å². The van der Waals surface area contributed by atoms with Crippen LogP contribution in [0.2, 0.25) is 0 Å². The molecule has 5 nitrogen and oxygen atoms in total. The van der Waals surface area contributed by atoms with Crippen LogP contribution in [0.1, 0.15) is 28.2 Å². The number of rotatable bonds is 2. The highest BCUT2D eigenvalue weighted by Crippen LogP contribution is 2.41. The molecular weight excluding hydrogens is 294 g/mol. The third-order valence-electron chi connectivity index (χ3n) is 5.01. The molecule has 0 unspecified atom stereocenters. The summed E-state index contributed by atoms with van der Waals surface area (Å²) in [7, 11) is 3.13. The Kier molecular flexibility index (Phi) is 3.13. The van der Waals surface area contributed by atoms with E-state index >= 15 is 0 Å². The van der Waals surface area contributed by atoms with Gasteiger partial charge in [-0.2, -0.15) is 0 Å². The summed E-state index contributed by atoms with van der Waals surface area (Å²) in [5.41, 5.74) is 4.65. The molecule has 3 N–H and O–H groups in total. The molecule has 0 amide bonds. The zero-order valence-electron chi connectivity index (χ0n) is 13.2. The van der Waals surface area contributed by atoms with Gasteiger partial charge in [-0.3, -0.25) is 0 Å². The minimum absolute atomic E-state index is 0.166. The van der Waals surface area contributed by atoms with Gasteiger partial charge >= 0.3 is 0 Å². The summed E-state index contributed by atoms with van der Waals surface area (Å²) in [5, 5.41) is 20.3. The molecule has 0 fully saturated rings. The van der Waals surface area contributed by atoms with E-state index in [4.69, 9.17) is 9.47 Å². The minimum Gasteiger partial charge on any atom is -0.504 e. The van der Waals surface area contributed by atoms with Gasteiger partial charge in [0.2, 0.25) is 0 Å². The predicted octanol–water partition coefficient (Wildman–Crippen LogP) is 1.16. The van der Waals surface area contributed by atoms with Crippen LogP contribution in [-0.2, 0) is 13.1 Å². The molecule has 0 radical (unpaired) electrons. The molecule has 0 spiro atoms. The zero-order chi connectivity index (χ0) is 16.1. The molecule has 5 heteroatoms. The standard InChI is InChI=1S/C18H19NO4/c1-22-17-3-10-7-19-8-11-4-18(23-2)16(21)6-13(11)14(9-19)12(10)5-15(17)20/h3-6,14,20-21H,7-9H2,1-2H3/p+1. The Morgan fingerprint density at radius 3 is 1.78 bits per heavy atom. The van der Waals surface area contributed by atoms with E-state index in [0.717, 1.165) is 30.8 Å². The van der Waals surface area contributed by atoms with E-state index in [1.54, 1.807) is 14.2 Å². The van der Waals surface area contributed by atoms with E-state index in [2.05, 4.69) is 0 Å². The number of hydrogen-bond donors (Lipinski definition) is 3. The van der Waals surface area contributed by atoms with E-state index in [1.807, 2.05) is 24.3 Å². The van der Waals surface area contributed by atoms with Crippen molar-refractivity contribution in [3.8, 4) is 23.0 Å². The van der Waals surface area contributed by atoms with Crippen molar-refractivity contribution < 1.29 is 24.6 Å². The largest absolute Gasteiger partial charge is 0.504 e. The number of nitrogens with one attached hydrogen (secondary N) is 1. The number of fused-ring (bicyclic) bond motifs is 6. The summed E-state index contributed by atoms with van der Waals surface area (Å²) in [6, 6.07) is 7.49. The third kappa shape index (κ3) is 2.11. The predicted molar refractivity (Wildman–Crippen MR) is 84.4 cm³/mol. The molecule has 0 saturated heterocycles. The van der Waals surface area contributed by atoms with Crippen LogP contribution in [0, 0.1) is 0 Å². The quantitative estimate of drug-likeness (QED) is 0.778. The van der Waals surface area contributed by atoms with E-state index in [-0.39, 0.29) is 17.4 Å². The molecule has 2 aliphatic heterocycles. The first kappa shape index (κ1) is 14.2. The number of benzene rings is 2. The number of hydrogen-bond acceptors (Lipinski definition) is 4. The second kappa shape index (κ2) is 5.06. The number of methoxy groups -OCH3 is 2. The molecule has 2 bridgehead atoms. The highest BCUT2D eigenvalue weighted by Gasteiger charge is 2.37. The van der Waals surface area contributed by atoms with Gasteiger partial charge in [0.15, 0.2) is 23.0 Å². The van der Waals surface area contributed by atoms with Gasteiger partial charge in [-0.1, -0.05) is 0 Å². The molecule has 0 aliphatic carbocycles. The number of phenols is 2. The Morgan fingerprint density at radius 2 is 1.35 bits per heavy atom. The topological polar surface area (TPSA) is 63.4 Å². The molecule has 2 aromatic carbocycles. The summed E-state index contributed by atoms with van der Waals surface area (Å²) in [6.45, 7) is 2.79. The maximum atomic E-state index is 10.1. The van der Waals surface area contributed by atoms with Crippen molar-refractivity contribution in [2.24, 2.45) is 0 Å². The number of ether oxygens (including phenoxy) is 2. The van der Waals surface area contributed by atoms with Gasteiger partial charge in [0.1, 0.15) is 13.1 Å². The molecule has 23 heavy (non-hydrogen) atoms. The maximum absolute atomic E-state index is 10.1. The number of aromatic hydroxyl groups is 2. The molecule has 4 rings (SSSR count). The van der Waals surface area contributed by atoms with Crippen LogP contribution in [-0.4, -0.2) is 31.0 Å². The van der Waals surface area contributed by atoms with Crippen molar-refractivity contribution in [3.63, 3.8) is 0 Å². The van der Waals surface area contributed by atoms with Gasteiger partial charge < -0.3 is 24.6 Å². The summed E-state index contributed by atoms with van der Waals surface area (Å²) in [6.07, 6.45) is 0. The first-order valence-corrected chi connectivity index (χ1v) is 7.73. The van der Waals surface area contributed by atoms with Crippen LogP contribution in [0.3, 0.4) is 0 Å². The average molecular weight is 314 g/mol. The van der Waals surface area contributed by atoms with Gasteiger partial charge in [-0.25, -0.2) is 0 Å². The molecule has 2 aromatic rings. The second-order valence-electron chi connectivity index (χ2n) is 6.31. The van der Waals surface area contributed by atoms with Crippen LogP contribution < -0.4 is 14.4 Å². The first-order chi connectivity index (χ1) is 11.1. The number of phenolic OH excluding ortho intramolecular Hbond substituents is 2. The fraction of sp³-hybridized carbons (Fsp3) is 0.333. The lowest BCUT2D eigenvalue weighted by Gasteiger charge is -2.38. The van der Waals surface area contributed by atoms with Crippen LogP contribution in [0.5, 0.6) is 23.0 Å². The van der Waals surface area contributed by atoms with Gasteiger partial charge in [0.05, 0.1) is 26.7 Å². The molecule has 120 valence electrons. The van der Waals surface area contributed by atoms with Gasteiger partial charge in [0, 0.05) is 11.1 Å². The molecular formula is C18H20NO4+. The molecule has 0 aromatic heterocycles. The van der Waals surface area contributed by atoms with Crippen molar-refractivity contribution in [2.45, 2.75) is 19.0 Å². The smallest absolute Gasteiger partial charge is 0.160 e. The lowest BCUT2D eigenvalue weighted by Crippen LogP contribution is -3.11. The Labute approximate surface area is 134 Å². The normalized spacial score (nSPS) is 21.3. The highest BCUT2D eigenvalue weighted by molar-refractivity contribution is 5.55. The van der Waals surface area contributed by atoms with Crippen molar-refractivity contribution in [3.05, 3.63) is 46.5 Å². The van der Waals surface area contributed by atoms with E-state index in [0.29, 0.717) is 11.5 Å². The monoisotopic (exact) mass is 314 g/mol. The van der Waals surface area contributed by atoms with E-state index < -0.39 is 0 Å². The first-order valence-electron chi connectivity index (χ1n) is 7.73. The maximum Gasteiger partial charge on any atom is 0.160 e. The Balaban J connectivity index is 1.87. The third-order valence-corrected chi connectivity index (χ3v) is 5.01. The van der Waals surface area contributed by atoms with Crippen LogP contribution in [0.15, 0.2) is 24.3 Å². The van der Waals surface area contributed by atoms with Crippen molar-refractivity contribution in [2.75, 3.05) is 20.8 Å². The highest BCUT2D eigenvalue weighted by atomic mass is 16.5. The Hall–Kier alpha value is -2.40. The van der Waals surface area contributed by atoms with Crippen LogP contribution >= 0.6 is 0 Å². The summed E-state index contributed by atoms with van der Waals surface area (Å²) in [5.74, 6) is 1.54. The van der Waals surface area contributed by atoms with E-state index in [1.165, 1.54) is 16.0 Å². The molecule has 2 heterocycles. The van der Waals surface area contributed by atoms with E-state index in [9.17, 15) is 10.2 Å². The molecule has 0 atom stereocenters. The van der Waals surface area contributed by atoms with Gasteiger partial charge in [-0.05, 0) is 35.4 Å². The second-order valence-corrected chi connectivity index (χ2v) is 6.31. The molecule has 0 saturated carbocycles. The van der Waals surface area contributed by atoms with Crippen molar-refractivity contribution >= 4 is 0 Å². The van der Waals surface area contributed by atoms with Crippen LogP contribution in [0.25, 0.3) is 0 Å². The van der Waals surface area contributed by atoms with Gasteiger partial charge in [-0.15, -0.1) is 0 Å². The molecule has 2 aliphatic rings. The summed E-state index contributed by atoms with van der Waals surface area (Å²) in [4.78, 5) is 1.47. The Bertz CT molecular complexity index is 724.